The minimum absolute atomic E-state index is 0.187. The first-order chi connectivity index (χ1) is 3.81. The lowest BCUT2D eigenvalue weighted by Crippen LogP contribution is -2.03. The maximum Gasteiger partial charge on any atom is 0.145 e. The summed E-state index contributed by atoms with van der Waals surface area (Å²) in [5.41, 5.74) is 0. The standard InChI is InChI=1S/C5H10N2O/c1-3-8-4-5(6)7-2/h6H,2-4H2,1H3. The summed E-state index contributed by atoms with van der Waals surface area (Å²) in [6, 6.07) is 0. The van der Waals surface area contributed by atoms with Gasteiger partial charge in [-0.3, -0.25) is 5.41 Å². The Labute approximate surface area is 48.9 Å². The fourth-order valence-electron chi connectivity index (χ4n) is 0.244. The van der Waals surface area contributed by atoms with Crippen molar-refractivity contribution in [2.75, 3.05) is 13.2 Å². The third-order valence-electron chi connectivity index (χ3n) is 0.634. The quantitative estimate of drug-likeness (QED) is 0.426. The molecule has 0 radical (unpaired) electrons. The van der Waals surface area contributed by atoms with E-state index in [0.717, 1.165) is 0 Å². The molecule has 0 aliphatic heterocycles. The molecular weight excluding hydrogens is 104 g/mol. The largest absolute Gasteiger partial charge is 0.374 e. The minimum atomic E-state index is 0.187. The first kappa shape index (κ1) is 7.30. The molecule has 0 aromatic heterocycles. The van der Waals surface area contributed by atoms with Crippen LogP contribution in [-0.2, 0) is 4.74 Å². The van der Waals surface area contributed by atoms with E-state index in [2.05, 4.69) is 11.7 Å². The molecule has 0 saturated heterocycles. The molecule has 0 fully saturated rings. The molecule has 0 atom stereocenters. The van der Waals surface area contributed by atoms with Gasteiger partial charge in [-0.05, 0) is 13.6 Å². The van der Waals surface area contributed by atoms with Gasteiger partial charge in [0.15, 0.2) is 0 Å². The molecule has 8 heavy (non-hydrogen) atoms. The number of hydrogen-bond donors (Lipinski definition) is 1. The normalized spacial score (nSPS) is 8.62. The van der Waals surface area contributed by atoms with Crippen molar-refractivity contribution >= 4 is 12.6 Å². The molecule has 0 aromatic rings. The van der Waals surface area contributed by atoms with Gasteiger partial charge in [0, 0.05) is 6.61 Å². The van der Waals surface area contributed by atoms with E-state index in [9.17, 15) is 0 Å². The topological polar surface area (TPSA) is 45.4 Å². The summed E-state index contributed by atoms with van der Waals surface area (Å²) in [6.07, 6.45) is 0. The predicted molar refractivity (Wildman–Crippen MR) is 33.8 cm³/mol. The van der Waals surface area contributed by atoms with Crippen LogP contribution in [0.5, 0.6) is 0 Å². The lowest BCUT2D eigenvalue weighted by atomic mass is 10.6. The number of nitrogens with one attached hydrogen (secondary N) is 1. The second-order valence-electron chi connectivity index (χ2n) is 1.24. The first-order valence-electron chi connectivity index (χ1n) is 2.43. The average molecular weight is 114 g/mol. The highest BCUT2D eigenvalue weighted by Crippen LogP contribution is 1.76. The van der Waals surface area contributed by atoms with E-state index in [1.807, 2.05) is 6.92 Å². The van der Waals surface area contributed by atoms with Crippen LogP contribution in [0.3, 0.4) is 0 Å². The second-order valence-corrected chi connectivity index (χ2v) is 1.24. The van der Waals surface area contributed by atoms with Gasteiger partial charge in [-0.1, -0.05) is 0 Å². The number of ether oxygens (including phenoxy) is 1. The maximum absolute atomic E-state index is 6.89. The third-order valence-corrected chi connectivity index (χ3v) is 0.634. The van der Waals surface area contributed by atoms with E-state index in [1.54, 1.807) is 0 Å². The van der Waals surface area contributed by atoms with Crippen molar-refractivity contribution in [3.05, 3.63) is 0 Å². The highest BCUT2D eigenvalue weighted by Gasteiger charge is 1.86. The zero-order chi connectivity index (χ0) is 6.41. The summed E-state index contributed by atoms with van der Waals surface area (Å²) < 4.78 is 4.83. The molecule has 0 saturated carbocycles. The summed E-state index contributed by atoms with van der Waals surface area (Å²) in [7, 11) is 0. The van der Waals surface area contributed by atoms with Crippen LogP contribution in [0.25, 0.3) is 0 Å². The Morgan fingerprint density at radius 3 is 2.88 bits per heavy atom. The molecule has 0 bridgehead atoms. The van der Waals surface area contributed by atoms with Crippen LogP contribution in [0.15, 0.2) is 4.99 Å². The Hall–Kier alpha value is -0.700. The third kappa shape index (κ3) is 3.49. The lowest BCUT2D eigenvalue weighted by Gasteiger charge is -1.94. The molecule has 46 valence electrons. The molecule has 1 N–H and O–H groups in total. The van der Waals surface area contributed by atoms with E-state index in [0.29, 0.717) is 6.61 Å². The van der Waals surface area contributed by atoms with Gasteiger partial charge in [0.1, 0.15) is 12.4 Å². The van der Waals surface area contributed by atoms with Crippen LogP contribution in [0.1, 0.15) is 6.92 Å². The van der Waals surface area contributed by atoms with Crippen LogP contribution >= 0.6 is 0 Å². The highest BCUT2D eigenvalue weighted by molar-refractivity contribution is 5.84. The van der Waals surface area contributed by atoms with E-state index in [4.69, 9.17) is 10.1 Å². The lowest BCUT2D eigenvalue weighted by molar-refractivity contribution is 0.186. The van der Waals surface area contributed by atoms with Crippen molar-refractivity contribution in [2.24, 2.45) is 4.99 Å². The molecule has 0 spiro atoms. The van der Waals surface area contributed by atoms with Crippen molar-refractivity contribution in [3.8, 4) is 0 Å². The van der Waals surface area contributed by atoms with Crippen molar-refractivity contribution < 1.29 is 4.74 Å². The van der Waals surface area contributed by atoms with Gasteiger partial charge < -0.3 is 4.74 Å². The van der Waals surface area contributed by atoms with Gasteiger partial charge in [-0.25, -0.2) is 4.99 Å². The molecule has 3 heteroatoms. The minimum Gasteiger partial charge on any atom is -0.374 e. The highest BCUT2D eigenvalue weighted by atomic mass is 16.5. The van der Waals surface area contributed by atoms with E-state index in [1.165, 1.54) is 0 Å². The second kappa shape index (κ2) is 4.46. The fourth-order valence-corrected chi connectivity index (χ4v) is 0.244. The van der Waals surface area contributed by atoms with Crippen LogP contribution in [0, 0.1) is 5.41 Å². The monoisotopic (exact) mass is 114 g/mol. The van der Waals surface area contributed by atoms with Gasteiger partial charge >= 0.3 is 0 Å². The van der Waals surface area contributed by atoms with Crippen LogP contribution in [-0.4, -0.2) is 25.8 Å². The summed E-state index contributed by atoms with van der Waals surface area (Å²) in [5, 5.41) is 6.89. The van der Waals surface area contributed by atoms with Gasteiger partial charge in [-0.15, -0.1) is 0 Å². The van der Waals surface area contributed by atoms with Crippen molar-refractivity contribution in [2.45, 2.75) is 6.92 Å². The van der Waals surface area contributed by atoms with E-state index in [-0.39, 0.29) is 12.4 Å². The summed E-state index contributed by atoms with van der Waals surface area (Å²) >= 11 is 0. The molecule has 0 unspecified atom stereocenters. The molecule has 0 aliphatic carbocycles. The smallest absolute Gasteiger partial charge is 0.145 e. The Balaban J connectivity index is 3.11. The zero-order valence-corrected chi connectivity index (χ0v) is 4.98. The SMILES string of the molecule is C=NC(=N)COCC. The van der Waals surface area contributed by atoms with E-state index >= 15 is 0 Å². The van der Waals surface area contributed by atoms with Gasteiger partial charge in [0.2, 0.25) is 0 Å². The Morgan fingerprint density at radius 1 is 1.88 bits per heavy atom. The Bertz CT molecular complexity index is 90.4. The molecule has 0 heterocycles. The van der Waals surface area contributed by atoms with Crippen molar-refractivity contribution in [3.63, 3.8) is 0 Å². The number of aliphatic imine (C=N–C) groups is 1. The van der Waals surface area contributed by atoms with Crippen molar-refractivity contribution in [1.29, 1.82) is 5.41 Å². The van der Waals surface area contributed by atoms with Crippen LogP contribution < -0.4 is 0 Å². The number of nitrogens with zero attached hydrogens (tertiary/aromatic N) is 1. The first-order valence-corrected chi connectivity index (χ1v) is 2.43. The number of hydrogen-bond acceptors (Lipinski definition) is 2. The summed E-state index contributed by atoms with van der Waals surface area (Å²) in [5.74, 6) is 0.187. The van der Waals surface area contributed by atoms with Gasteiger partial charge in [0.05, 0.1) is 0 Å². The zero-order valence-electron chi connectivity index (χ0n) is 4.98. The maximum atomic E-state index is 6.89. The fraction of sp³-hybridized carbons (Fsp3) is 0.600. The van der Waals surface area contributed by atoms with Gasteiger partial charge in [0.25, 0.3) is 0 Å². The molecule has 0 rings (SSSR count). The molecular formula is C5H10N2O. The summed E-state index contributed by atoms with van der Waals surface area (Å²) in [4.78, 5) is 3.33. The number of amidine groups is 1. The molecule has 0 aromatic carbocycles. The Morgan fingerprint density at radius 2 is 2.50 bits per heavy atom. The Kier molecular flexibility index (Phi) is 4.07. The predicted octanol–water partition coefficient (Wildman–Crippen LogP) is 0.701. The molecule has 3 nitrogen and oxygen atoms in total. The number of rotatable bonds is 3. The van der Waals surface area contributed by atoms with Gasteiger partial charge in [-0.2, -0.15) is 0 Å². The molecule has 0 amide bonds. The van der Waals surface area contributed by atoms with E-state index < -0.39 is 0 Å². The summed E-state index contributed by atoms with van der Waals surface area (Å²) in [6.45, 7) is 5.93. The average Bonchev–Trinajstić information content (AvgIpc) is 1.83. The van der Waals surface area contributed by atoms with Crippen molar-refractivity contribution in [1.82, 2.24) is 0 Å². The molecule has 0 aliphatic rings. The van der Waals surface area contributed by atoms with Crippen LogP contribution in [0.4, 0.5) is 0 Å². The van der Waals surface area contributed by atoms with Crippen LogP contribution in [0.2, 0.25) is 0 Å².